The van der Waals surface area contributed by atoms with Crippen LogP contribution < -0.4 is 9.47 Å². The van der Waals surface area contributed by atoms with E-state index in [1.54, 1.807) is 6.07 Å². The molecule has 1 aliphatic heterocycles. The Morgan fingerprint density at radius 2 is 1.72 bits per heavy atom. The molecule has 2 aromatic rings. The number of hydrogen-bond donors (Lipinski definition) is 0. The van der Waals surface area contributed by atoms with E-state index in [0.717, 1.165) is 5.56 Å². The van der Waals surface area contributed by atoms with E-state index >= 15 is 0 Å². The molecule has 1 atom stereocenters. The molecule has 0 saturated heterocycles. The van der Waals surface area contributed by atoms with Gasteiger partial charge in [-0.2, -0.15) is 0 Å². The average Bonchev–Trinajstić information content (AvgIpc) is 3.06. The summed E-state index contributed by atoms with van der Waals surface area (Å²) < 4.78 is 44.4. The maximum atomic E-state index is 13.9. The summed E-state index contributed by atoms with van der Waals surface area (Å²) in [5.41, 5.74) is 0.597. The Balaban J connectivity index is 1.90. The van der Waals surface area contributed by atoms with Crippen molar-refractivity contribution in [2.45, 2.75) is 19.9 Å². The lowest BCUT2D eigenvalue weighted by Gasteiger charge is -2.13. The van der Waals surface area contributed by atoms with Gasteiger partial charge in [0.1, 0.15) is 29.8 Å². The molecule has 0 amide bonds. The molecule has 25 heavy (non-hydrogen) atoms. The second kappa shape index (κ2) is 7.51. The molecule has 0 saturated carbocycles. The van der Waals surface area contributed by atoms with Crippen molar-refractivity contribution in [3.05, 3.63) is 59.2 Å². The Labute approximate surface area is 145 Å². The van der Waals surface area contributed by atoms with Crippen molar-refractivity contribution in [1.82, 2.24) is 0 Å². The van der Waals surface area contributed by atoms with Crippen LogP contribution in [0.1, 0.15) is 31.0 Å². The van der Waals surface area contributed by atoms with Crippen LogP contribution in [0.5, 0.6) is 11.5 Å². The van der Waals surface area contributed by atoms with Crippen molar-refractivity contribution >= 4 is 5.90 Å². The number of hydrogen-bond acceptors (Lipinski definition) is 4. The van der Waals surface area contributed by atoms with Crippen molar-refractivity contribution < 1.29 is 23.0 Å². The standard InChI is InChI=1S/C19H19F2NO3/c1-3-23-16-9-8-12(10-17(16)24-4-2)15-11-25-19(22-15)18-13(20)6-5-7-14(18)21/h5-10,15H,3-4,11H2,1-2H3. The number of benzene rings is 2. The molecule has 0 bridgehead atoms. The second-order valence-electron chi connectivity index (χ2n) is 5.43. The largest absolute Gasteiger partial charge is 0.490 e. The van der Waals surface area contributed by atoms with E-state index in [9.17, 15) is 8.78 Å². The molecule has 0 aliphatic carbocycles. The molecular formula is C19H19F2NO3. The van der Waals surface area contributed by atoms with E-state index in [-0.39, 0.29) is 24.1 Å². The SMILES string of the molecule is CCOc1ccc(C2COC(c3c(F)cccc3F)=N2)cc1OCC. The van der Waals surface area contributed by atoms with Crippen LogP contribution in [0.4, 0.5) is 8.78 Å². The van der Waals surface area contributed by atoms with E-state index in [4.69, 9.17) is 14.2 Å². The zero-order valence-corrected chi connectivity index (χ0v) is 14.1. The Hall–Kier alpha value is -2.63. The molecule has 0 spiro atoms. The highest BCUT2D eigenvalue weighted by atomic mass is 19.1. The van der Waals surface area contributed by atoms with E-state index in [1.165, 1.54) is 18.2 Å². The summed E-state index contributed by atoms with van der Waals surface area (Å²) in [6.45, 7) is 5.02. The summed E-state index contributed by atoms with van der Waals surface area (Å²) in [6.07, 6.45) is 0. The van der Waals surface area contributed by atoms with Gasteiger partial charge in [0.05, 0.1) is 13.2 Å². The first-order chi connectivity index (χ1) is 12.1. The van der Waals surface area contributed by atoms with Crippen LogP contribution in [0.15, 0.2) is 41.4 Å². The van der Waals surface area contributed by atoms with Crippen molar-refractivity contribution in [1.29, 1.82) is 0 Å². The Morgan fingerprint density at radius 3 is 2.40 bits per heavy atom. The molecule has 1 heterocycles. The smallest absolute Gasteiger partial charge is 0.222 e. The number of aliphatic imine (C=N–C) groups is 1. The van der Waals surface area contributed by atoms with Crippen LogP contribution in [0.25, 0.3) is 0 Å². The molecule has 2 aromatic carbocycles. The third-order valence-corrected chi connectivity index (χ3v) is 3.78. The summed E-state index contributed by atoms with van der Waals surface area (Å²) in [6, 6.07) is 8.80. The van der Waals surface area contributed by atoms with Gasteiger partial charge in [0.25, 0.3) is 0 Å². The predicted octanol–water partition coefficient (Wildman–Crippen LogP) is 4.28. The minimum atomic E-state index is -0.693. The van der Waals surface area contributed by atoms with Gasteiger partial charge < -0.3 is 14.2 Å². The number of nitrogens with zero attached hydrogens (tertiary/aromatic N) is 1. The van der Waals surface area contributed by atoms with Gasteiger partial charge in [0, 0.05) is 0 Å². The molecule has 0 radical (unpaired) electrons. The molecule has 132 valence electrons. The highest BCUT2D eigenvalue weighted by molar-refractivity contribution is 5.95. The van der Waals surface area contributed by atoms with Crippen LogP contribution in [0.2, 0.25) is 0 Å². The molecule has 3 rings (SSSR count). The molecular weight excluding hydrogens is 328 g/mol. The molecule has 0 fully saturated rings. The Bertz CT molecular complexity index is 772. The minimum absolute atomic E-state index is 0.0209. The summed E-state index contributed by atoms with van der Waals surface area (Å²) >= 11 is 0. The maximum absolute atomic E-state index is 13.9. The van der Waals surface area contributed by atoms with E-state index in [0.29, 0.717) is 24.7 Å². The Morgan fingerprint density at radius 1 is 1.04 bits per heavy atom. The van der Waals surface area contributed by atoms with E-state index in [1.807, 2.05) is 26.0 Å². The van der Waals surface area contributed by atoms with Crippen LogP contribution in [0.3, 0.4) is 0 Å². The highest BCUT2D eigenvalue weighted by Crippen LogP contribution is 2.34. The quantitative estimate of drug-likeness (QED) is 0.783. The predicted molar refractivity (Wildman–Crippen MR) is 90.4 cm³/mol. The van der Waals surface area contributed by atoms with Crippen molar-refractivity contribution in [2.75, 3.05) is 19.8 Å². The molecule has 0 N–H and O–H groups in total. The lowest BCUT2D eigenvalue weighted by molar-refractivity contribution is 0.286. The fourth-order valence-electron chi connectivity index (χ4n) is 2.66. The first-order valence-electron chi connectivity index (χ1n) is 8.18. The molecule has 4 nitrogen and oxygen atoms in total. The van der Waals surface area contributed by atoms with Gasteiger partial charge in [0.2, 0.25) is 5.90 Å². The minimum Gasteiger partial charge on any atom is -0.490 e. The van der Waals surface area contributed by atoms with Gasteiger partial charge in [-0.1, -0.05) is 12.1 Å². The average molecular weight is 347 g/mol. The van der Waals surface area contributed by atoms with Crippen LogP contribution in [-0.2, 0) is 4.74 Å². The summed E-state index contributed by atoms with van der Waals surface area (Å²) in [5, 5.41) is 0. The molecule has 6 heteroatoms. The van der Waals surface area contributed by atoms with E-state index in [2.05, 4.69) is 4.99 Å². The topological polar surface area (TPSA) is 40.0 Å². The summed E-state index contributed by atoms with van der Waals surface area (Å²) in [7, 11) is 0. The summed E-state index contributed by atoms with van der Waals surface area (Å²) in [4.78, 5) is 4.35. The maximum Gasteiger partial charge on any atom is 0.222 e. The normalized spacial score (nSPS) is 16.3. The number of ether oxygens (including phenoxy) is 3. The molecule has 0 aromatic heterocycles. The van der Waals surface area contributed by atoms with Crippen molar-refractivity contribution in [3.8, 4) is 11.5 Å². The molecule has 1 aliphatic rings. The van der Waals surface area contributed by atoms with Crippen molar-refractivity contribution in [3.63, 3.8) is 0 Å². The highest BCUT2D eigenvalue weighted by Gasteiger charge is 2.26. The van der Waals surface area contributed by atoms with E-state index < -0.39 is 11.6 Å². The Kier molecular flexibility index (Phi) is 5.16. The lowest BCUT2D eigenvalue weighted by Crippen LogP contribution is -2.07. The van der Waals surface area contributed by atoms with Gasteiger partial charge in [-0.25, -0.2) is 13.8 Å². The van der Waals surface area contributed by atoms with Crippen molar-refractivity contribution in [2.24, 2.45) is 4.99 Å². The fraction of sp³-hybridized carbons (Fsp3) is 0.316. The fourth-order valence-corrected chi connectivity index (χ4v) is 2.66. The number of halogens is 2. The lowest BCUT2D eigenvalue weighted by atomic mass is 10.1. The van der Waals surface area contributed by atoms with Crippen LogP contribution in [0, 0.1) is 11.6 Å². The zero-order chi connectivity index (χ0) is 17.8. The molecule has 1 unspecified atom stereocenters. The zero-order valence-electron chi connectivity index (χ0n) is 14.1. The first kappa shape index (κ1) is 17.2. The van der Waals surface area contributed by atoms with Gasteiger partial charge in [-0.3, -0.25) is 0 Å². The third kappa shape index (κ3) is 3.57. The second-order valence-corrected chi connectivity index (χ2v) is 5.43. The summed E-state index contributed by atoms with van der Waals surface area (Å²) in [5.74, 6) is -0.145. The monoisotopic (exact) mass is 347 g/mol. The van der Waals surface area contributed by atoms with Crippen LogP contribution >= 0.6 is 0 Å². The first-order valence-corrected chi connectivity index (χ1v) is 8.18. The van der Waals surface area contributed by atoms with Gasteiger partial charge >= 0.3 is 0 Å². The van der Waals surface area contributed by atoms with Gasteiger partial charge in [-0.15, -0.1) is 0 Å². The van der Waals surface area contributed by atoms with Crippen LogP contribution in [-0.4, -0.2) is 25.7 Å². The van der Waals surface area contributed by atoms with Gasteiger partial charge in [0.15, 0.2) is 11.5 Å². The third-order valence-electron chi connectivity index (χ3n) is 3.78. The number of rotatable bonds is 6. The van der Waals surface area contributed by atoms with Gasteiger partial charge in [-0.05, 0) is 43.7 Å².